The predicted octanol–water partition coefficient (Wildman–Crippen LogP) is 4.33. The van der Waals surface area contributed by atoms with Crippen LogP contribution in [0.25, 0.3) is 0 Å². The van der Waals surface area contributed by atoms with Gasteiger partial charge in [-0.25, -0.2) is 0 Å². The predicted molar refractivity (Wildman–Crippen MR) is 80.6 cm³/mol. The lowest BCUT2D eigenvalue weighted by Gasteiger charge is -2.21. The van der Waals surface area contributed by atoms with Crippen LogP contribution in [-0.2, 0) is 17.5 Å². The number of nitrogens with one attached hydrogen (secondary N) is 1. The minimum absolute atomic E-state index is 0.135. The second-order valence-electron chi connectivity index (χ2n) is 5.77. The van der Waals surface area contributed by atoms with E-state index < -0.39 is 11.7 Å². The van der Waals surface area contributed by atoms with E-state index in [4.69, 9.17) is 4.74 Å². The van der Waals surface area contributed by atoms with E-state index in [9.17, 15) is 13.2 Å². The van der Waals surface area contributed by atoms with Crippen molar-refractivity contribution in [3.63, 3.8) is 0 Å². The molecule has 0 bridgehead atoms. The monoisotopic (exact) mass is 321 g/mol. The molecule has 0 saturated heterocycles. The molecular weight excluding hydrogens is 299 g/mol. The smallest absolute Gasteiger partial charge is 0.384 e. The highest BCUT2D eigenvalue weighted by Crippen LogP contribution is 2.37. The quantitative estimate of drug-likeness (QED) is 0.622. The van der Waals surface area contributed by atoms with Crippen molar-refractivity contribution in [1.29, 1.82) is 0 Å². The van der Waals surface area contributed by atoms with E-state index in [0.717, 1.165) is 0 Å². The van der Waals surface area contributed by atoms with Crippen molar-refractivity contribution in [2.75, 3.05) is 19.5 Å². The van der Waals surface area contributed by atoms with Crippen LogP contribution < -0.4 is 5.32 Å². The van der Waals surface area contributed by atoms with Crippen LogP contribution in [0.1, 0.15) is 31.9 Å². The van der Waals surface area contributed by atoms with Crippen molar-refractivity contribution < 1.29 is 17.9 Å². The van der Waals surface area contributed by atoms with Gasteiger partial charge in [-0.15, -0.1) is 11.8 Å². The second-order valence-corrected chi connectivity index (χ2v) is 6.91. The third-order valence-electron chi connectivity index (χ3n) is 2.72. The summed E-state index contributed by atoms with van der Waals surface area (Å²) in [5.41, 5.74) is -0.0743. The number of alkyl halides is 3. The molecule has 21 heavy (non-hydrogen) atoms. The SMILES string of the molecule is COCCSc1ccc(CNC(C)(C)C)cc1C(F)(F)F. The van der Waals surface area contributed by atoms with Crippen LogP contribution in [0.3, 0.4) is 0 Å². The molecule has 0 radical (unpaired) electrons. The minimum Gasteiger partial charge on any atom is -0.384 e. The number of halogens is 3. The molecule has 1 aromatic rings. The molecule has 2 nitrogen and oxygen atoms in total. The molecule has 0 amide bonds. The largest absolute Gasteiger partial charge is 0.417 e. The van der Waals surface area contributed by atoms with E-state index in [2.05, 4.69) is 5.32 Å². The third kappa shape index (κ3) is 6.72. The molecule has 1 N–H and O–H groups in total. The average Bonchev–Trinajstić information content (AvgIpc) is 2.35. The fraction of sp³-hybridized carbons (Fsp3) is 0.600. The highest BCUT2D eigenvalue weighted by molar-refractivity contribution is 7.99. The maximum atomic E-state index is 13.1. The zero-order chi connectivity index (χ0) is 16.1. The zero-order valence-corrected chi connectivity index (χ0v) is 13.6. The van der Waals surface area contributed by atoms with Gasteiger partial charge in [-0.05, 0) is 38.5 Å². The Bertz CT molecular complexity index is 455. The Balaban J connectivity index is 2.91. The molecule has 0 aliphatic rings. The van der Waals surface area contributed by atoms with Crippen LogP contribution in [0.15, 0.2) is 23.1 Å². The van der Waals surface area contributed by atoms with E-state index in [1.54, 1.807) is 12.1 Å². The number of methoxy groups -OCH3 is 1. The Hall–Kier alpha value is -0.720. The van der Waals surface area contributed by atoms with Crippen molar-refractivity contribution in [2.45, 2.75) is 43.9 Å². The van der Waals surface area contributed by atoms with Crippen LogP contribution in [-0.4, -0.2) is 25.0 Å². The molecule has 0 fully saturated rings. The van der Waals surface area contributed by atoms with Crippen molar-refractivity contribution in [1.82, 2.24) is 5.32 Å². The van der Waals surface area contributed by atoms with Gasteiger partial charge in [0.1, 0.15) is 0 Å². The summed E-state index contributed by atoms with van der Waals surface area (Å²) in [6.45, 7) is 6.77. The van der Waals surface area contributed by atoms with E-state index >= 15 is 0 Å². The zero-order valence-electron chi connectivity index (χ0n) is 12.8. The Kier molecular flexibility index (Phi) is 6.56. The normalized spacial score (nSPS) is 12.7. The highest BCUT2D eigenvalue weighted by Gasteiger charge is 2.33. The summed E-state index contributed by atoms with van der Waals surface area (Å²) in [5.74, 6) is 0.499. The number of hydrogen-bond donors (Lipinski definition) is 1. The number of thioether (sulfide) groups is 1. The first-order valence-corrected chi connectivity index (χ1v) is 7.69. The molecule has 1 aromatic carbocycles. The third-order valence-corrected chi connectivity index (χ3v) is 3.76. The maximum Gasteiger partial charge on any atom is 0.417 e. The van der Waals surface area contributed by atoms with Gasteiger partial charge in [-0.2, -0.15) is 13.2 Å². The fourth-order valence-electron chi connectivity index (χ4n) is 1.64. The van der Waals surface area contributed by atoms with Crippen molar-refractivity contribution in [3.8, 4) is 0 Å². The van der Waals surface area contributed by atoms with Crippen molar-refractivity contribution >= 4 is 11.8 Å². The Morgan fingerprint density at radius 1 is 1.19 bits per heavy atom. The summed E-state index contributed by atoms with van der Waals surface area (Å²) in [4.78, 5) is 0.249. The molecule has 0 aliphatic carbocycles. The number of hydrogen-bond acceptors (Lipinski definition) is 3. The van der Waals surface area contributed by atoms with Crippen LogP contribution in [0, 0.1) is 0 Å². The molecule has 0 spiro atoms. The lowest BCUT2D eigenvalue weighted by molar-refractivity contribution is -0.139. The van der Waals surface area contributed by atoms with Gasteiger partial charge in [0.25, 0.3) is 0 Å². The topological polar surface area (TPSA) is 21.3 Å². The second kappa shape index (κ2) is 7.51. The average molecular weight is 321 g/mol. The van der Waals surface area contributed by atoms with Gasteiger partial charge in [0, 0.05) is 29.8 Å². The summed E-state index contributed by atoms with van der Waals surface area (Å²) in [5, 5.41) is 3.19. The van der Waals surface area contributed by atoms with Gasteiger partial charge in [0.05, 0.1) is 12.2 Å². The standard InChI is InChI=1S/C15H22F3NOS/c1-14(2,3)19-10-11-5-6-13(21-8-7-20-4)12(9-11)15(16,17)18/h5-6,9,19H,7-8,10H2,1-4H3. The molecular formula is C15H22F3NOS. The Morgan fingerprint density at radius 2 is 1.86 bits per heavy atom. The Morgan fingerprint density at radius 3 is 2.38 bits per heavy atom. The van der Waals surface area contributed by atoms with Crippen LogP contribution in [0.2, 0.25) is 0 Å². The van der Waals surface area contributed by atoms with E-state index in [1.807, 2.05) is 20.8 Å². The lowest BCUT2D eigenvalue weighted by Crippen LogP contribution is -2.35. The van der Waals surface area contributed by atoms with Gasteiger partial charge in [-0.3, -0.25) is 0 Å². The fourth-order valence-corrected chi connectivity index (χ4v) is 2.60. The minimum atomic E-state index is -4.34. The molecule has 0 aromatic heterocycles. The summed E-state index contributed by atoms with van der Waals surface area (Å²) in [6, 6.07) is 4.51. The van der Waals surface area contributed by atoms with Gasteiger partial charge >= 0.3 is 6.18 Å². The van der Waals surface area contributed by atoms with Crippen LogP contribution >= 0.6 is 11.8 Å². The van der Waals surface area contributed by atoms with E-state index in [0.29, 0.717) is 24.5 Å². The molecule has 1 rings (SSSR count). The summed E-state index contributed by atoms with van der Waals surface area (Å²) < 4.78 is 44.3. The molecule has 0 atom stereocenters. The first-order valence-electron chi connectivity index (χ1n) is 6.70. The molecule has 0 unspecified atom stereocenters. The van der Waals surface area contributed by atoms with Crippen molar-refractivity contribution in [2.24, 2.45) is 0 Å². The lowest BCUT2D eigenvalue weighted by atomic mass is 10.1. The number of benzene rings is 1. The molecule has 6 heteroatoms. The summed E-state index contributed by atoms with van der Waals surface area (Å²) in [7, 11) is 1.53. The first kappa shape index (κ1) is 18.3. The van der Waals surface area contributed by atoms with Crippen molar-refractivity contribution in [3.05, 3.63) is 29.3 Å². The van der Waals surface area contributed by atoms with Crippen LogP contribution in [0.4, 0.5) is 13.2 Å². The first-order chi connectivity index (χ1) is 9.63. The highest BCUT2D eigenvalue weighted by atomic mass is 32.2. The number of ether oxygens (including phenoxy) is 1. The Labute approximate surface area is 128 Å². The molecule has 120 valence electrons. The van der Waals surface area contributed by atoms with Gasteiger partial charge in [-0.1, -0.05) is 6.07 Å². The van der Waals surface area contributed by atoms with Gasteiger partial charge < -0.3 is 10.1 Å². The summed E-state index contributed by atoms with van der Waals surface area (Å²) >= 11 is 1.17. The van der Waals surface area contributed by atoms with Crippen LogP contribution in [0.5, 0.6) is 0 Å². The van der Waals surface area contributed by atoms with E-state index in [-0.39, 0.29) is 10.4 Å². The molecule has 0 aliphatic heterocycles. The van der Waals surface area contributed by atoms with E-state index in [1.165, 1.54) is 24.9 Å². The molecule has 0 saturated carbocycles. The summed E-state index contributed by atoms with van der Waals surface area (Å²) in [6.07, 6.45) is -4.34. The van der Waals surface area contributed by atoms with Gasteiger partial charge in [0.2, 0.25) is 0 Å². The number of rotatable bonds is 6. The maximum absolute atomic E-state index is 13.1. The van der Waals surface area contributed by atoms with Gasteiger partial charge in [0.15, 0.2) is 0 Å². The molecule has 0 heterocycles.